The highest BCUT2D eigenvalue weighted by Gasteiger charge is 2.35. The molecule has 132 valence electrons. The molecule has 1 saturated carbocycles. The van der Waals surface area contributed by atoms with Crippen molar-refractivity contribution in [3.8, 4) is 0 Å². The SMILES string of the molecule is CC(C(=O)N1CC(n2cc(COCC3CC3)nn2)C1)c1ccccc1. The number of ether oxygens (including phenoxy) is 1. The van der Waals surface area contributed by atoms with Crippen molar-refractivity contribution < 1.29 is 9.53 Å². The second-order valence-corrected chi connectivity index (χ2v) is 7.18. The molecule has 2 aromatic rings. The maximum Gasteiger partial charge on any atom is 0.229 e. The van der Waals surface area contributed by atoms with Gasteiger partial charge in [-0.2, -0.15) is 0 Å². The van der Waals surface area contributed by atoms with Crippen molar-refractivity contribution in [3.63, 3.8) is 0 Å². The fourth-order valence-corrected chi connectivity index (χ4v) is 3.13. The van der Waals surface area contributed by atoms with Crippen LogP contribution in [-0.2, 0) is 16.1 Å². The van der Waals surface area contributed by atoms with E-state index in [1.54, 1.807) is 0 Å². The number of benzene rings is 1. The minimum absolute atomic E-state index is 0.107. The minimum atomic E-state index is -0.107. The summed E-state index contributed by atoms with van der Waals surface area (Å²) in [6, 6.07) is 10.1. The third-order valence-corrected chi connectivity index (χ3v) is 5.08. The molecule has 6 nitrogen and oxygen atoms in total. The van der Waals surface area contributed by atoms with E-state index < -0.39 is 0 Å². The molecule has 2 aliphatic rings. The van der Waals surface area contributed by atoms with Crippen LogP contribution in [0.3, 0.4) is 0 Å². The fourth-order valence-electron chi connectivity index (χ4n) is 3.13. The average Bonchev–Trinajstić information content (AvgIpc) is 3.31. The lowest BCUT2D eigenvalue weighted by atomic mass is 9.97. The molecular weight excluding hydrogens is 316 g/mol. The number of rotatable bonds is 7. The minimum Gasteiger partial charge on any atom is -0.375 e. The molecule has 0 spiro atoms. The van der Waals surface area contributed by atoms with E-state index in [2.05, 4.69) is 10.3 Å². The average molecular weight is 340 g/mol. The molecular formula is C19H24N4O2. The number of carbonyl (C=O) groups is 1. The Morgan fingerprint density at radius 1 is 1.28 bits per heavy atom. The van der Waals surface area contributed by atoms with E-state index >= 15 is 0 Å². The first-order valence-corrected chi connectivity index (χ1v) is 9.03. The van der Waals surface area contributed by atoms with E-state index in [1.165, 1.54) is 12.8 Å². The van der Waals surface area contributed by atoms with E-state index in [-0.39, 0.29) is 17.9 Å². The van der Waals surface area contributed by atoms with Crippen LogP contribution in [0.1, 0.15) is 43.0 Å². The molecule has 1 atom stereocenters. The summed E-state index contributed by atoms with van der Waals surface area (Å²) in [6.07, 6.45) is 4.53. The maximum absolute atomic E-state index is 12.6. The fraction of sp³-hybridized carbons (Fsp3) is 0.526. The van der Waals surface area contributed by atoms with Crippen LogP contribution in [0.25, 0.3) is 0 Å². The number of amides is 1. The largest absolute Gasteiger partial charge is 0.375 e. The molecule has 1 aliphatic carbocycles. The lowest BCUT2D eigenvalue weighted by molar-refractivity contribution is -0.138. The number of likely N-dealkylation sites (tertiary alicyclic amines) is 1. The summed E-state index contributed by atoms with van der Waals surface area (Å²) in [5.41, 5.74) is 1.93. The lowest BCUT2D eigenvalue weighted by Gasteiger charge is -2.40. The molecule has 1 aromatic heterocycles. The highest BCUT2D eigenvalue weighted by atomic mass is 16.5. The number of hydrogen-bond acceptors (Lipinski definition) is 4. The highest BCUT2D eigenvalue weighted by molar-refractivity contribution is 5.84. The van der Waals surface area contributed by atoms with Gasteiger partial charge in [-0.25, -0.2) is 4.68 Å². The zero-order valence-corrected chi connectivity index (χ0v) is 14.5. The molecule has 6 heteroatoms. The van der Waals surface area contributed by atoms with Crippen LogP contribution in [0.15, 0.2) is 36.5 Å². The Hall–Kier alpha value is -2.21. The predicted molar refractivity (Wildman–Crippen MR) is 92.9 cm³/mol. The topological polar surface area (TPSA) is 60.2 Å². The normalized spacial score (nSPS) is 18.8. The van der Waals surface area contributed by atoms with Gasteiger partial charge in [-0.05, 0) is 31.2 Å². The monoisotopic (exact) mass is 340 g/mol. The quantitative estimate of drug-likeness (QED) is 0.776. The van der Waals surface area contributed by atoms with Gasteiger partial charge in [0.25, 0.3) is 0 Å². The number of carbonyl (C=O) groups excluding carboxylic acids is 1. The van der Waals surface area contributed by atoms with E-state index in [0.29, 0.717) is 19.7 Å². The standard InChI is InChI=1S/C19H24N4O2/c1-14(16-5-3-2-4-6-16)19(24)22-10-18(11-22)23-9-17(20-21-23)13-25-12-15-7-8-15/h2-6,9,14-15,18H,7-8,10-13H2,1H3. The third-order valence-electron chi connectivity index (χ3n) is 5.08. The number of aromatic nitrogens is 3. The van der Waals surface area contributed by atoms with Crippen molar-refractivity contribution in [2.75, 3.05) is 19.7 Å². The Balaban J connectivity index is 1.26. The predicted octanol–water partition coefficient (Wildman–Crippen LogP) is 2.39. The van der Waals surface area contributed by atoms with Crippen LogP contribution in [0.4, 0.5) is 0 Å². The first-order valence-electron chi connectivity index (χ1n) is 9.03. The van der Waals surface area contributed by atoms with Crippen molar-refractivity contribution in [1.82, 2.24) is 19.9 Å². The molecule has 1 amide bonds. The second kappa shape index (κ2) is 6.96. The smallest absolute Gasteiger partial charge is 0.229 e. The Labute approximate surface area is 147 Å². The number of hydrogen-bond donors (Lipinski definition) is 0. The van der Waals surface area contributed by atoms with Gasteiger partial charge in [-0.15, -0.1) is 5.10 Å². The van der Waals surface area contributed by atoms with Crippen LogP contribution in [0.2, 0.25) is 0 Å². The molecule has 0 radical (unpaired) electrons. The Kier molecular flexibility index (Phi) is 4.53. The molecule has 1 aromatic carbocycles. The van der Waals surface area contributed by atoms with Crippen molar-refractivity contribution in [2.45, 2.75) is 38.3 Å². The van der Waals surface area contributed by atoms with Gasteiger partial charge in [0.05, 0.1) is 24.8 Å². The first-order chi connectivity index (χ1) is 12.2. The Morgan fingerprint density at radius 3 is 2.76 bits per heavy atom. The molecule has 1 aliphatic heterocycles. The maximum atomic E-state index is 12.6. The summed E-state index contributed by atoms with van der Waals surface area (Å²) >= 11 is 0. The molecule has 4 rings (SSSR count). The molecule has 0 N–H and O–H groups in total. The molecule has 2 fully saturated rings. The molecule has 1 unspecified atom stereocenters. The summed E-state index contributed by atoms with van der Waals surface area (Å²) in [7, 11) is 0. The second-order valence-electron chi connectivity index (χ2n) is 7.18. The molecule has 2 heterocycles. The van der Waals surface area contributed by atoms with Crippen LogP contribution in [-0.4, -0.2) is 45.5 Å². The zero-order chi connectivity index (χ0) is 17.2. The summed E-state index contributed by atoms with van der Waals surface area (Å²) in [4.78, 5) is 14.5. The lowest BCUT2D eigenvalue weighted by Crippen LogP contribution is -2.52. The van der Waals surface area contributed by atoms with Crippen molar-refractivity contribution in [1.29, 1.82) is 0 Å². The van der Waals surface area contributed by atoms with Crippen molar-refractivity contribution in [3.05, 3.63) is 47.8 Å². The van der Waals surface area contributed by atoms with E-state index in [0.717, 1.165) is 23.8 Å². The van der Waals surface area contributed by atoms with Crippen LogP contribution >= 0.6 is 0 Å². The van der Waals surface area contributed by atoms with Crippen LogP contribution in [0.5, 0.6) is 0 Å². The molecule has 25 heavy (non-hydrogen) atoms. The van der Waals surface area contributed by atoms with Gasteiger partial charge in [0.15, 0.2) is 0 Å². The van der Waals surface area contributed by atoms with Gasteiger partial charge >= 0.3 is 0 Å². The highest BCUT2D eigenvalue weighted by Crippen LogP contribution is 2.29. The Morgan fingerprint density at radius 2 is 2.04 bits per heavy atom. The van der Waals surface area contributed by atoms with Crippen molar-refractivity contribution in [2.24, 2.45) is 5.92 Å². The van der Waals surface area contributed by atoms with Gasteiger partial charge in [-0.3, -0.25) is 4.79 Å². The summed E-state index contributed by atoms with van der Waals surface area (Å²) in [5.74, 6) is 0.827. The van der Waals surface area contributed by atoms with E-state index in [9.17, 15) is 4.79 Å². The van der Waals surface area contributed by atoms with Crippen LogP contribution < -0.4 is 0 Å². The third kappa shape index (κ3) is 3.74. The molecule has 1 saturated heterocycles. The van der Waals surface area contributed by atoms with Gasteiger partial charge in [-0.1, -0.05) is 35.5 Å². The first kappa shape index (κ1) is 16.3. The van der Waals surface area contributed by atoms with Crippen LogP contribution in [0, 0.1) is 5.92 Å². The van der Waals surface area contributed by atoms with E-state index in [4.69, 9.17) is 4.74 Å². The molecule has 0 bridgehead atoms. The van der Waals surface area contributed by atoms with Gasteiger partial charge in [0, 0.05) is 19.7 Å². The van der Waals surface area contributed by atoms with Gasteiger partial charge < -0.3 is 9.64 Å². The summed E-state index contributed by atoms with van der Waals surface area (Å²) < 4.78 is 7.52. The summed E-state index contributed by atoms with van der Waals surface area (Å²) in [6.45, 7) is 4.71. The summed E-state index contributed by atoms with van der Waals surface area (Å²) in [5, 5.41) is 8.37. The Bertz CT molecular complexity index is 720. The van der Waals surface area contributed by atoms with Gasteiger partial charge in [0.1, 0.15) is 5.69 Å². The zero-order valence-electron chi connectivity index (χ0n) is 14.5. The van der Waals surface area contributed by atoms with Gasteiger partial charge in [0.2, 0.25) is 5.91 Å². The number of nitrogens with zero attached hydrogens (tertiary/aromatic N) is 4. The van der Waals surface area contributed by atoms with Crippen molar-refractivity contribution >= 4 is 5.91 Å². The van der Waals surface area contributed by atoms with E-state index in [1.807, 2.05) is 53.0 Å².